The Morgan fingerprint density at radius 1 is 0.917 bits per heavy atom. The van der Waals surface area contributed by atoms with E-state index in [4.69, 9.17) is 34.1 Å². The average Bonchev–Trinajstić information content (AvgIpc) is 2.51. The molecule has 4 nitrogen and oxygen atoms in total. The number of rotatable bonds is 5. The van der Waals surface area contributed by atoms with E-state index >= 15 is 0 Å². The number of anilines is 1. The van der Waals surface area contributed by atoms with Crippen LogP contribution < -0.4 is 10.9 Å². The van der Waals surface area contributed by atoms with Gasteiger partial charge in [0.2, 0.25) is 10.0 Å². The first-order valence-corrected chi connectivity index (χ1v) is 9.98. The molecule has 2 rings (SSSR count). The standard InChI is InChI=1S/C11H14Cl2.C6H8N2O2S/c1-9-2-3-10(4-6-12)11(8-9)5-7-13;7-5-1-3-6(4-2-5)11(8,9)10/h2-3,8H,4-7H2,1H3;1-4H,7H2,(H2,8,9,10). The van der Waals surface area contributed by atoms with Gasteiger partial charge >= 0.3 is 0 Å². The van der Waals surface area contributed by atoms with Crippen LogP contribution in [-0.2, 0) is 22.9 Å². The predicted octanol–water partition coefficient (Wildman–Crippen LogP) is 3.47. The molecule has 0 saturated carbocycles. The molecule has 0 unspecified atom stereocenters. The Hall–Kier alpha value is -1.27. The molecule has 0 saturated heterocycles. The smallest absolute Gasteiger partial charge is 0.238 e. The number of nitrogens with two attached hydrogens (primary N) is 2. The molecule has 0 heterocycles. The van der Waals surface area contributed by atoms with Crippen LogP contribution >= 0.6 is 23.2 Å². The first-order chi connectivity index (χ1) is 11.3. The fraction of sp³-hybridized carbons (Fsp3) is 0.294. The van der Waals surface area contributed by atoms with Gasteiger partial charge in [-0.3, -0.25) is 0 Å². The Morgan fingerprint density at radius 3 is 1.96 bits per heavy atom. The molecule has 2 aromatic carbocycles. The van der Waals surface area contributed by atoms with Gasteiger partial charge in [-0.25, -0.2) is 13.6 Å². The lowest BCUT2D eigenvalue weighted by molar-refractivity contribution is 0.598. The van der Waals surface area contributed by atoms with E-state index in [0.29, 0.717) is 17.4 Å². The van der Waals surface area contributed by atoms with Gasteiger partial charge in [0.25, 0.3) is 0 Å². The maximum Gasteiger partial charge on any atom is 0.238 e. The van der Waals surface area contributed by atoms with Crippen molar-refractivity contribution in [3.63, 3.8) is 0 Å². The third-order valence-electron chi connectivity index (χ3n) is 3.30. The maximum absolute atomic E-state index is 10.7. The van der Waals surface area contributed by atoms with Crippen molar-refractivity contribution in [2.45, 2.75) is 24.7 Å². The van der Waals surface area contributed by atoms with Crippen LogP contribution in [0.2, 0.25) is 0 Å². The fourth-order valence-corrected chi connectivity index (χ4v) is 3.02. The van der Waals surface area contributed by atoms with Crippen LogP contribution in [0.4, 0.5) is 5.69 Å². The number of alkyl halides is 2. The van der Waals surface area contributed by atoms with Crippen LogP contribution in [0.5, 0.6) is 0 Å². The van der Waals surface area contributed by atoms with Gasteiger partial charge in [0.15, 0.2) is 0 Å². The van der Waals surface area contributed by atoms with E-state index in [1.54, 1.807) is 0 Å². The topological polar surface area (TPSA) is 86.2 Å². The lowest BCUT2D eigenvalue weighted by Crippen LogP contribution is -2.11. The minimum Gasteiger partial charge on any atom is -0.399 e. The van der Waals surface area contributed by atoms with Gasteiger partial charge in [0, 0.05) is 17.4 Å². The second-order valence-corrected chi connectivity index (χ2v) is 7.58. The molecule has 4 N–H and O–H groups in total. The minimum atomic E-state index is -3.58. The van der Waals surface area contributed by atoms with Crippen LogP contribution in [0.15, 0.2) is 47.4 Å². The van der Waals surface area contributed by atoms with Crippen LogP contribution in [0.1, 0.15) is 16.7 Å². The molecule has 0 aliphatic carbocycles. The number of nitrogen functional groups attached to an aromatic ring is 1. The van der Waals surface area contributed by atoms with E-state index in [9.17, 15) is 8.42 Å². The number of hydrogen-bond acceptors (Lipinski definition) is 3. The van der Waals surface area contributed by atoms with Gasteiger partial charge < -0.3 is 5.73 Å². The molecule has 0 aliphatic heterocycles. The number of benzene rings is 2. The van der Waals surface area contributed by atoms with Crippen molar-refractivity contribution < 1.29 is 8.42 Å². The predicted molar refractivity (Wildman–Crippen MR) is 102 cm³/mol. The fourth-order valence-electron chi connectivity index (χ4n) is 2.09. The number of hydrogen-bond donors (Lipinski definition) is 2. The summed E-state index contributed by atoms with van der Waals surface area (Å²) in [4.78, 5) is 0.0756. The van der Waals surface area contributed by atoms with E-state index < -0.39 is 10.0 Å². The first-order valence-electron chi connectivity index (χ1n) is 7.36. The summed E-state index contributed by atoms with van der Waals surface area (Å²) in [5.41, 5.74) is 9.81. The lowest BCUT2D eigenvalue weighted by atomic mass is 10.0. The van der Waals surface area contributed by atoms with E-state index in [-0.39, 0.29) is 4.90 Å². The number of halogens is 2. The van der Waals surface area contributed by atoms with E-state index in [1.165, 1.54) is 41.0 Å². The normalized spacial score (nSPS) is 10.8. The average molecular weight is 389 g/mol. The Kier molecular flexibility index (Phi) is 8.56. The molecule has 0 amide bonds. The number of aryl methyl sites for hydroxylation is 3. The van der Waals surface area contributed by atoms with Crippen LogP contribution in [0, 0.1) is 6.92 Å². The summed E-state index contributed by atoms with van der Waals surface area (Å²) in [6.45, 7) is 2.10. The molecule has 24 heavy (non-hydrogen) atoms. The van der Waals surface area contributed by atoms with Crippen molar-refractivity contribution >= 4 is 38.9 Å². The van der Waals surface area contributed by atoms with Crippen LogP contribution in [0.3, 0.4) is 0 Å². The monoisotopic (exact) mass is 388 g/mol. The molecular formula is C17H22Cl2N2O2S. The van der Waals surface area contributed by atoms with Crippen molar-refractivity contribution in [2.24, 2.45) is 5.14 Å². The summed E-state index contributed by atoms with van der Waals surface area (Å²) in [7, 11) is -3.58. The van der Waals surface area contributed by atoms with E-state index in [2.05, 4.69) is 25.1 Å². The largest absolute Gasteiger partial charge is 0.399 e. The van der Waals surface area contributed by atoms with Gasteiger partial charge in [-0.15, -0.1) is 23.2 Å². The van der Waals surface area contributed by atoms with Crippen molar-refractivity contribution in [3.05, 3.63) is 59.2 Å². The molecule has 7 heteroatoms. The molecule has 0 radical (unpaired) electrons. The number of sulfonamides is 1. The second-order valence-electron chi connectivity index (χ2n) is 5.26. The zero-order valence-electron chi connectivity index (χ0n) is 13.5. The molecule has 0 spiro atoms. The third-order valence-corrected chi connectivity index (χ3v) is 4.61. The first kappa shape index (κ1) is 20.8. The molecule has 0 atom stereocenters. The summed E-state index contributed by atoms with van der Waals surface area (Å²) in [5.74, 6) is 1.36. The van der Waals surface area contributed by atoms with Crippen molar-refractivity contribution in [3.8, 4) is 0 Å². The number of primary sulfonamides is 1. The van der Waals surface area contributed by atoms with Crippen molar-refractivity contribution in [1.82, 2.24) is 0 Å². The Morgan fingerprint density at radius 2 is 1.46 bits per heavy atom. The van der Waals surface area contributed by atoms with Gasteiger partial charge in [-0.05, 0) is 55.2 Å². The molecule has 132 valence electrons. The van der Waals surface area contributed by atoms with Crippen LogP contribution in [0.25, 0.3) is 0 Å². The Balaban J connectivity index is 0.000000243. The molecule has 0 fully saturated rings. The lowest BCUT2D eigenvalue weighted by Gasteiger charge is -2.07. The summed E-state index contributed by atoms with van der Waals surface area (Å²) in [5, 5.41) is 4.84. The zero-order chi connectivity index (χ0) is 18.2. The quantitative estimate of drug-likeness (QED) is 0.606. The third kappa shape index (κ3) is 7.09. The highest BCUT2D eigenvalue weighted by Gasteiger charge is 2.05. The van der Waals surface area contributed by atoms with Gasteiger partial charge in [0.05, 0.1) is 4.90 Å². The molecule has 2 aromatic rings. The van der Waals surface area contributed by atoms with Crippen molar-refractivity contribution in [2.75, 3.05) is 17.5 Å². The van der Waals surface area contributed by atoms with Crippen molar-refractivity contribution in [1.29, 1.82) is 0 Å². The van der Waals surface area contributed by atoms with Gasteiger partial charge in [0.1, 0.15) is 0 Å². The summed E-state index contributed by atoms with van der Waals surface area (Å²) in [6, 6.07) is 12.2. The highest BCUT2D eigenvalue weighted by atomic mass is 35.5. The summed E-state index contributed by atoms with van der Waals surface area (Å²) in [6.07, 6.45) is 1.88. The van der Waals surface area contributed by atoms with E-state index in [1.807, 2.05) is 0 Å². The second kappa shape index (κ2) is 9.89. The molecule has 0 aliphatic rings. The highest BCUT2D eigenvalue weighted by molar-refractivity contribution is 7.89. The van der Waals surface area contributed by atoms with E-state index in [0.717, 1.165) is 12.8 Å². The molecule has 0 bridgehead atoms. The Bertz CT molecular complexity index is 748. The Labute approximate surface area is 153 Å². The highest BCUT2D eigenvalue weighted by Crippen LogP contribution is 2.14. The maximum atomic E-state index is 10.7. The summed E-state index contributed by atoms with van der Waals surface area (Å²) < 4.78 is 21.4. The minimum absolute atomic E-state index is 0.0756. The summed E-state index contributed by atoms with van der Waals surface area (Å²) >= 11 is 11.4. The SMILES string of the molecule is Cc1ccc(CCCl)c(CCCl)c1.Nc1ccc(S(N)(=O)=O)cc1. The van der Waals surface area contributed by atoms with Crippen LogP contribution in [-0.4, -0.2) is 20.2 Å². The molecular weight excluding hydrogens is 367 g/mol. The van der Waals surface area contributed by atoms with Gasteiger partial charge in [-0.1, -0.05) is 23.8 Å². The molecule has 0 aromatic heterocycles. The van der Waals surface area contributed by atoms with Gasteiger partial charge in [-0.2, -0.15) is 0 Å². The zero-order valence-corrected chi connectivity index (χ0v) is 15.8.